The minimum atomic E-state index is -0.238. The highest BCUT2D eigenvalue weighted by Crippen LogP contribution is 2.18. The molecule has 2 heterocycles. The van der Waals surface area contributed by atoms with Gasteiger partial charge in [0.25, 0.3) is 0 Å². The number of nitrogens with one attached hydrogen (secondary N) is 2. The Kier molecular flexibility index (Phi) is 9.09. The van der Waals surface area contributed by atoms with E-state index in [0.717, 1.165) is 30.0 Å². The molecule has 0 amide bonds. The third kappa shape index (κ3) is 7.11. The number of rotatable bonds is 5. The monoisotopic (exact) mass is 513 g/mol. The van der Waals surface area contributed by atoms with Gasteiger partial charge in [-0.3, -0.25) is 4.99 Å². The molecule has 8 heteroatoms. The molecule has 0 aliphatic carbocycles. The quantitative estimate of drug-likeness (QED) is 0.365. The standard InChI is InChI=1S/C21H28FN5O.HI/c1-15-13-27(14-16(2)28-15)20-8-7-18(11-24-20)12-26-21(23-3)25-10-17-5-4-6-19(22)9-17;/h4-9,11,15-16H,10,12-14H2,1-3H3,(H2,23,25,26);1H. The van der Waals surface area contributed by atoms with Crippen LogP contribution in [0.4, 0.5) is 10.2 Å². The van der Waals surface area contributed by atoms with Crippen molar-refractivity contribution in [1.29, 1.82) is 0 Å². The molecule has 1 aliphatic rings. The average Bonchev–Trinajstić information content (AvgIpc) is 2.68. The summed E-state index contributed by atoms with van der Waals surface area (Å²) in [6.07, 6.45) is 2.30. The number of guanidine groups is 1. The summed E-state index contributed by atoms with van der Waals surface area (Å²) in [5.74, 6) is 1.39. The van der Waals surface area contributed by atoms with Gasteiger partial charge in [0.15, 0.2) is 5.96 Å². The normalized spacial score (nSPS) is 19.4. The second kappa shape index (κ2) is 11.3. The van der Waals surface area contributed by atoms with Gasteiger partial charge in [-0.2, -0.15) is 0 Å². The van der Waals surface area contributed by atoms with E-state index in [-0.39, 0.29) is 42.0 Å². The van der Waals surface area contributed by atoms with Crippen molar-refractivity contribution in [2.75, 3.05) is 25.0 Å². The summed E-state index contributed by atoms with van der Waals surface area (Å²) in [6.45, 7) is 6.98. The maximum absolute atomic E-state index is 13.3. The van der Waals surface area contributed by atoms with Crippen molar-refractivity contribution in [3.8, 4) is 0 Å². The molecule has 1 aromatic heterocycles. The maximum Gasteiger partial charge on any atom is 0.191 e. The highest BCUT2D eigenvalue weighted by atomic mass is 127. The van der Waals surface area contributed by atoms with Crippen molar-refractivity contribution < 1.29 is 9.13 Å². The largest absolute Gasteiger partial charge is 0.372 e. The Balaban J connectivity index is 0.00000300. The minimum absolute atomic E-state index is 0. The van der Waals surface area contributed by atoms with E-state index in [1.54, 1.807) is 13.1 Å². The van der Waals surface area contributed by atoms with Gasteiger partial charge in [0.1, 0.15) is 11.6 Å². The number of ether oxygens (including phenoxy) is 1. The maximum atomic E-state index is 13.3. The molecule has 29 heavy (non-hydrogen) atoms. The van der Waals surface area contributed by atoms with E-state index in [1.807, 2.05) is 18.3 Å². The first-order valence-corrected chi connectivity index (χ1v) is 9.58. The number of hydrogen-bond donors (Lipinski definition) is 2. The first-order valence-electron chi connectivity index (χ1n) is 9.58. The van der Waals surface area contributed by atoms with Gasteiger partial charge in [-0.05, 0) is 43.2 Å². The third-order valence-electron chi connectivity index (χ3n) is 4.59. The lowest BCUT2D eigenvalue weighted by molar-refractivity contribution is -0.00545. The van der Waals surface area contributed by atoms with Gasteiger partial charge in [0.2, 0.25) is 0 Å². The van der Waals surface area contributed by atoms with Crippen LogP contribution in [0.25, 0.3) is 0 Å². The molecule has 2 N–H and O–H groups in total. The molecule has 2 unspecified atom stereocenters. The summed E-state index contributed by atoms with van der Waals surface area (Å²) < 4.78 is 19.0. The summed E-state index contributed by atoms with van der Waals surface area (Å²) in [4.78, 5) is 11.1. The van der Waals surface area contributed by atoms with E-state index in [0.29, 0.717) is 19.0 Å². The van der Waals surface area contributed by atoms with E-state index in [2.05, 4.69) is 45.4 Å². The first-order chi connectivity index (χ1) is 13.5. The Bertz CT molecular complexity index is 792. The van der Waals surface area contributed by atoms with E-state index >= 15 is 0 Å². The lowest BCUT2D eigenvalue weighted by atomic mass is 10.2. The molecule has 2 aromatic rings. The average molecular weight is 513 g/mol. The zero-order chi connectivity index (χ0) is 19.9. The highest BCUT2D eigenvalue weighted by Gasteiger charge is 2.22. The second-order valence-electron chi connectivity index (χ2n) is 7.10. The molecule has 1 fully saturated rings. The number of benzene rings is 1. The van der Waals surface area contributed by atoms with Crippen molar-refractivity contribution in [3.63, 3.8) is 0 Å². The molecular formula is C21H29FIN5O. The topological polar surface area (TPSA) is 61.8 Å². The molecule has 158 valence electrons. The Morgan fingerprint density at radius 1 is 1.14 bits per heavy atom. The smallest absolute Gasteiger partial charge is 0.191 e. The van der Waals surface area contributed by atoms with Crippen molar-refractivity contribution in [1.82, 2.24) is 15.6 Å². The molecule has 0 spiro atoms. The fourth-order valence-electron chi connectivity index (χ4n) is 3.31. The van der Waals surface area contributed by atoms with Crippen LogP contribution in [0.15, 0.2) is 47.6 Å². The van der Waals surface area contributed by atoms with Crippen LogP contribution in [0, 0.1) is 5.82 Å². The second-order valence-corrected chi connectivity index (χ2v) is 7.10. The van der Waals surface area contributed by atoms with Crippen LogP contribution in [0.5, 0.6) is 0 Å². The molecule has 1 aromatic carbocycles. The molecule has 0 radical (unpaired) electrons. The zero-order valence-corrected chi connectivity index (χ0v) is 19.4. The van der Waals surface area contributed by atoms with Gasteiger partial charge in [-0.15, -0.1) is 24.0 Å². The van der Waals surface area contributed by atoms with Gasteiger partial charge >= 0.3 is 0 Å². The lowest BCUT2D eigenvalue weighted by Crippen LogP contribution is -2.45. The van der Waals surface area contributed by atoms with Crippen molar-refractivity contribution in [3.05, 3.63) is 59.5 Å². The summed E-state index contributed by atoms with van der Waals surface area (Å²) in [5.41, 5.74) is 1.93. The predicted octanol–water partition coefficient (Wildman–Crippen LogP) is 3.32. The Morgan fingerprint density at radius 3 is 2.41 bits per heavy atom. The van der Waals surface area contributed by atoms with Crippen molar-refractivity contribution in [2.24, 2.45) is 4.99 Å². The Hall–Kier alpha value is -1.94. The zero-order valence-electron chi connectivity index (χ0n) is 17.1. The van der Waals surface area contributed by atoms with Gasteiger partial charge in [-0.1, -0.05) is 18.2 Å². The van der Waals surface area contributed by atoms with E-state index in [9.17, 15) is 4.39 Å². The van der Waals surface area contributed by atoms with Crippen molar-refractivity contribution in [2.45, 2.75) is 39.1 Å². The summed E-state index contributed by atoms with van der Waals surface area (Å²) in [5, 5.41) is 6.44. The SMILES string of the molecule is CN=C(NCc1ccc(N2CC(C)OC(C)C2)nc1)NCc1cccc(F)c1.I. The summed E-state index contributed by atoms with van der Waals surface area (Å²) >= 11 is 0. The van der Waals surface area contributed by atoms with Gasteiger partial charge in [-0.25, -0.2) is 9.37 Å². The van der Waals surface area contributed by atoms with E-state index in [4.69, 9.17) is 4.74 Å². The van der Waals surface area contributed by atoms with Crippen LogP contribution in [-0.4, -0.2) is 43.3 Å². The molecule has 3 rings (SSSR count). The van der Waals surface area contributed by atoms with Crippen molar-refractivity contribution >= 4 is 35.8 Å². The number of pyridine rings is 1. The summed E-state index contributed by atoms with van der Waals surface area (Å²) in [6, 6.07) is 10.6. The van der Waals surface area contributed by atoms with Gasteiger partial charge in [0, 0.05) is 39.4 Å². The summed E-state index contributed by atoms with van der Waals surface area (Å²) in [7, 11) is 1.71. The number of aromatic nitrogens is 1. The number of nitrogens with zero attached hydrogens (tertiary/aromatic N) is 3. The molecule has 6 nitrogen and oxygen atoms in total. The molecule has 2 atom stereocenters. The number of anilines is 1. The Labute approximate surface area is 189 Å². The molecule has 0 saturated carbocycles. The third-order valence-corrected chi connectivity index (χ3v) is 4.59. The fourth-order valence-corrected chi connectivity index (χ4v) is 3.31. The van der Waals surface area contributed by atoms with Crippen LogP contribution in [0.3, 0.4) is 0 Å². The fraction of sp³-hybridized carbons (Fsp3) is 0.429. The lowest BCUT2D eigenvalue weighted by Gasteiger charge is -2.36. The number of hydrogen-bond acceptors (Lipinski definition) is 4. The van der Waals surface area contributed by atoms with Gasteiger partial charge in [0.05, 0.1) is 12.2 Å². The number of halogens is 2. The minimum Gasteiger partial charge on any atom is -0.372 e. The molecular weight excluding hydrogens is 484 g/mol. The van der Waals surface area contributed by atoms with Crippen LogP contribution in [0.1, 0.15) is 25.0 Å². The van der Waals surface area contributed by atoms with Crippen LogP contribution < -0.4 is 15.5 Å². The molecule has 0 bridgehead atoms. The molecule has 1 saturated heterocycles. The van der Waals surface area contributed by atoms with Crippen LogP contribution in [-0.2, 0) is 17.8 Å². The predicted molar refractivity (Wildman–Crippen MR) is 125 cm³/mol. The van der Waals surface area contributed by atoms with Gasteiger partial charge < -0.3 is 20.3 Å². The molecule has 1 aliphatic heterocycles. The van der Waals surface area contributed by atoms with Crippen LogP contribution >= 0.6 is 24.0 Å². The number of aliphatic imine (C=N–C) groups is 1. The van der Waals surface area contributed by atoms with E-state index in [1.165, 1.54) is 12.1 Å². The highest BCUT2D eigenvalue weighted by molar-refractivity contribution is 14.0. The van der Waals surface area contributed by atoms with Crippen LogP contribution in [0.2, 0.25) is 0 Å². The first kappa shape index (κ1) is 23.3. The Morgan fingerprint density at radius 2 is 1.83 bits per heavy atom. The number of morpholine rings is 1. The van der Waals surface area contributed by atoms with E-state index < -0.39 is 0 Å².